The third kappa shape index (κ3) is 1.90. The molecule has 1 aromatic rings. The molecule has 1 heterocycles. The second-order valence-corrected chi connectivity index (χ2v) is 6.39. The first-order valence-electron chi connectivity index (χ1n) is 7.01. The van der Waals surface area contributed by atoms with Crippen LogP contribution in [0.2, 0.25) is 0 Å². The molecule has 0 unspecified atom stereocenters. The lowest BCUT2D eigenvalue weighted by molar-refractivity contribution is -0.142. The van der Waals surface area contributed by atoms with Crippen LogP contribution in [0.25, 0.3) is 0 Å². The van der Waals surface area contributed by atoms with Gasteiger partial charge >= 0.3 is 5.97 Å². The molecule has 2 atom stereocenters. The van der Waals surface area contributed by atoms with Crippen molar-refractivity contribution in [1.82, 2.24) is 4.90 Å². The molecule has 0 saturated heterocycles. The molecule has 1 amide bonds. The second-order valence-electron chi connectivity index (χ2n) is 6.39. The lowest BCUT2D eigenvalue weighted by atomic mass is 9.99. The number of carbonyl (C=O) groups is 2. The summed E-state index contributed by atoms with van der Waals surface area (Å²) >= 11 is 0. The van der Waals surface area contributed by atoms with E-state index in [0.717, 1.165) is 6.42 Å². The average molecular weight is 273 g/mol. The zero-order valence-electron chi connectivity index (χ0n) is 11.8. The molecule has 1 aliphatic heterocycles. The number of fused-ring (bicyclic) bond motifs is 1. The van der Waals surface area contributed by atoms with Gasteiger partial charge in [0.2, 0.25) is 5.91 Å². The zero-order valence-corrected chi connectivity index (χ0v) is 11.8. The Balaban J connectivity index is 1.76. The van der Waals surface area contributed by atoms with Gasteiger partial charge in [-0.05, 0) is 23.0 Å². The Morgan fingerprint density at radius 3 is 2.45 bits per heavy atom. The van der Waals surface area contributed by atoms with E-state index in [2.05, 4.69) is 6.07 Å². The van der Waals surface area contributed by atoms with Gasteiger partial charge in [-0.2, -0.15) is 0 Å². The van der Waals surface area contributed by atoms with Crippen molar-refractivity contribution in [2.45, 2.75) is 26.8 Å². The van der Waals surface area contributed by atoms with E-state index in [-0.39, 0.29) is 11.8 Å². The van der Waals surface area contributed by atoms with E-state index in [1.165, 1.54) is 11.1 Å². The number of carbonyl (C=O) groups excluding carboxylic acids is 1. The number of rotatable bonds is 2. The fourth-order valence-corrected chi connectivity index (χ4v) is 3.44. The monoisotopic (exact) mass is 273 g/mol. The van der Waals surface area contributed by atoms with Crippen LogP contribution in [0.5, 0.6) is 0 Å². The molecule has 0 bridgehead atoms. The summed E-state index contributed by atoms with van der Waals surface area (Å²) < 4.78 is 0. The van der Waals surface area contributed by atoms with Gasteiger partial charge in [-0.15, -0.1) is 0 Å². The summed E-state index contributed by atoms with van der Waals surface area (Å²) in [6, 6.07) is 8.13. The van der Waals surface area contributed by atoms with E-state index in [4.69, 9.17) is 0 Å². The molecule has 0 spiro atoms. The van der Waals surface area contributed by atoms with Crippen molar-refractivity contribution in [3.05, 3.63) is 35.4 Å². The summed E-state index contributed by atoms with van der Waals surface area (Å²) in [5, 5.41) is 9.19. The average Bonchev–Trinajstić information content (AvgIpc) is 3.00. The molecule has 4 nitrogen and oxygen atoms in total. The Bertz CT molecular complexity index is 579. The topological polar surface area (TPSA) is 57.6 Å². The van der Waals surface area contributed by atoms with E-state index in [9.17, 15) is 14.7 Å². The summed E-state index contributed by atoms with van der Waals surface area (Å²) in [6.07, 6.45) is 0.854. The summed E-state index contributed by atoms with van der Waals surface area (Å²) in [5.74, 6) is -1.76. The Morgan fingerprint density at radius 1 is 1.20 bits per heavy atom. The van der Waals surface area contributed by atoms with E-state index in [1.54, 1.807) is 0 Å². The van der Waals surface area contributed by atoms with Gasteiger partial charge in [0.05, 0.1) is 11.8 Å². The lowest BCUT2D eigenvalue weighted by Gasteiger charge is -2.29. The third-order valence-corrected chi connectivity index (χ3v) is 4.80. The van der Waals surface area contributed by atoms with E-state index in [0.29, 0.717) is 13.1 Å². The highest BCUT2D eigenvalue weighted by Crippen LogP contribution is 2.59. The predicted molar refractivity (Wildman–Crippen MR) is 74.0 cm³/mol. The van der Waals surface area contributed by atoms with Gasteiger partial charge < -0.3 is 10.0 Å². The maximum Gasteiger partial charge on any atom is 0.307 e. The number of nitrogens with zero attached hydrogens (tertiary/aromatic N) is 1. The molecule has 0 aromatic heterocycles. The highest BCUT2D eigenvalue weighted by molar-refractivity contribution is 5.91. The molecule has 1 aliphatic carbocycles. The van der Waals surface area contributed by atoms with Gasteiger partial charge in [0, 0.05) is 13.1 Å². The normalized spacial score (nSPS) is 26.8. The Morgan fingerprint density at radius 2 is 1.85 bits per heavy atom. The van der Waals surface area contributed by atoms with Gasteiger partial charge in [-0.25, -0.2) is 0 Å². The summed E-state index contributed by atoms with van der Waals surface area (Å²) in [4.78, 5) is 25.6. The minimum Gasteiger partial charge on any atom is -0.481 e. The van der Waals surface area contributed by atoms with Crippen molar-refractivity contribution in [3.63, 3.8) is 0 Å². The fourth-order valence-electron chi connectivity index (χ4n) is 3.44. The van der Waals surface area contributed by atoms with Gasteiger partial charge in [-0.1, -0.05) is 38.1 Å². The standard InChI is InChI=1S/C16H19NO3/c1-16(2)12(13(16)15(19)20)14(18)17-8-7-10-5-3-4-6-11(10)9-17/h3-6,12-13H,7-9H2,1-2H3,(H,19,20)/t12-,13+/m1/s1. The van der Waals surface area contributed by atoms with Crippen LogP contribution in [0, 0.1) is 17.3 Å². The van der Waals surface area contributed by atoms with E-state index in [1.807, 2.05) is 36.9 Å². The van der Waals surface area contributed by atoms with Crippen molar-refractivity contribution in [2.75, 3.05) is 6.54 Å². The van der Waals surface area contributed by atoms with Gasteiger partial charge in [0.15, 0.2) is 0 Å². The minimum absolute atomic E-state index is 0.00287. The maximum absolute atomic E-state index is 12.6. The second kappa shape index (κ2) is 4.33. The Labute approximate surface area is 118 Å². The SMILES string of the molecule is CC1(C)[C@H](C(=O)O)[C@@H]1C(=O)N1CCc2ccccc2C1. The molecule has 2 aliphatic rings. The fraction of sp³-hybridized carbons (Fsp3) is 0.500. The predicted octanol–water partition coefficient (Wildman–Crippen LogP) is 1.93. The summed E-state index contributed by atoms with van der Waals surface area (Å²) in [6.45, 7) is 5.03. The van der Waals surface area contributed by atoms with Crippen LogP contribution in [0.4, 0.5) is 0 Å². The molecule has 1 fully saturated rings. The van der Waals surface area contributed by atoms with Gasteiger partial charge in [0.1, 0.15) is 0 Å². The van der Waals surface area contributed by atoms with Crippen molar-refractivity contribution in [2.24, 2.45) is 17.3 Å². The minimum atomic E-state index is -0.856. The van der Waals surface area contributed by atoms with Crippen LogP contribution >= 0.6 is 0 Å². The molecule has 4 heteroatoms. The third-order valence-electron chi connectivity index (χ3n) is 4.80. The van der Waals surface area contributed by atoms with Crippen molar-refractivity contribution >= 4 is 11.9 Å². The number of hydrogen-bond donors (Lipinski definition) is 1. The Kier molecular flexibility index (Phi) is 2.85. The van der Waals surface area contributed by atoms with Crippen LogP contribution < -0.4 is 0 Å². The number of amides is 1. The van der Waals surface area contributed by atoms with Crippen molar-refractivity contribution in [3.8, 4) is 0 Å². The van der Waals surface area contributed by atoms with Crippen molar-refractivity contribution in [1.29, 1.82) is 0 Å². The molecule has 106 valence electrons. The number of carboxylic acid groups (broad SMARTS) is 1. The van der Waals surface area contributed by atoms with Crippen LogP contribution in [-0.2, 0) is 22.6 Å². The quantitative estimate of drug-likeness (QED) is 0.895. The summed E-state index contributed by atoms with van der Waals surface area (Å²) in [7, 11) is 0. The van der Waals surface area contributed by atoms with Crippen LogP contribution in [0.15, 0.2) is 24.3 Å². The Hall–Kier alpha value is -1.84. The van der Waals surface area contributed by atoms with Crippen molar-refractivity contribution < 1.29 is 14.7 Å². The molecular formula is C16H19NO3. The molecule has 1 aromatic carbocycles. The van der Waals surface area contributed by atoms with E-state index >= 15 is 0 Å². The van der Waals surface area contributed by atoms with Crippen LogP contribution in [0.3, 0.4) is 0 Å². The van der Waals surface area contributed by atoms with Gasteiger partial charge in [-0.3, -0.25) is 9.59 Å². The largest absolute Gasteiger partial charge is 0.481 e. The highest BCUT2D eigenvalue weighted by Gasteiger charge is 2.66. The molecule has 3 rings (SSSR count). The lowest BCUT2D eigenvalue weighted by Crippen LogP contribution is -2.38. The summed E-state index contributed by atoms with van der Waals surface area (Å²) in [5.41, 5.74) is 2.05. The first-order chi connectivity index (χ1) is 9.43. The molecule has 1 N–H and O–H groups in total. The zero-order chi connectivity index (χ0) is 14.5. The highest BCUT2D eigenvalue weighted by atomic mass is 16.4. The maximum atomic E-state index is 12.6. The number of carboxylic acids is 1. The smallest absolute Gasteiger partial charge is 0.307 e. The van der Waals surface area contributed by atoms with E-state index < -0.39 is 17.3 Å². The molecule has 20 heavy (non-hydrogen) atoms. The molecule has 1 saturated carbocycles. The number of hydrogen-bond acceptors (Lipinski definition) is 2. The van der Waals surface area contributed by atoms with Crippen LogP contribution in [0.1, 0.15) is 25.0 Å². The van der Waals surface area contributed by atoms with Gasteiger partial charge in [0.25, 0.3) is 0 Å². The number of aliphatic carboxylic acids is 1. The number of benzene rings is 1. The molecular weight excluding hydrogens is 254 g/mol. The van der Waals surface area contributed by atoms with Crippen LogP contribution in [-0.4, -0.2) is 28.4 Å². The molecule has 0 radical (unpaired) electrons. The first kappa shape index (κ1) is 13.2. The first-order valence-corrected chi connectivity index (χ1v) is 7.01.